The number of para-hydroxylation sites is 1. The van der Waals surface area contributed by atoms with E-state index in [-0.39, 0.29) is 11.8 Å². The first-order valence-electron chi connectivity index (χ1n) is 9.10. The Kier molecular flexibility index (Phi) is 6.25. The zero-order chi connectivity index (χ0) is 19.1. The number of rotatable bonds is 6. The number of hydrogen-bond acceptors (Lipinski definition) is 4. The van der Waals surface area contributed by atoms with E-state index in [1.54, 1.807) is 13.3 Å². The summed E-state index contributed by atoms with van der Waals surface area (Å²) < 4.78 is 5.28. The van der Waals surface area contributed by atoms with E-state index in [9.17, 15) is 4.79 Å². The van der Waals surface area contributed by atoms with E-state index in [0.717, 1.165) is 23.4 Å². The Hall–Kier alpha value is -3.09. The second-order valence-corrected chi connectivity index (χ2v) is 6.28. The Bertz CT molecular complexity index is 822. The van der Waals surface area contributed by atoms with Gasteiger partial charge in [0.05, 0.1) is 13.7 Å². The molecule has 0 fully saturated rings. The monoisotopic (exact) mass is 367 g/mol. The van der Waals surface area contributed by atoms with Crippen molar-refractivity contribution < 1.29 is 9.53 Å². The molecular weight excluding hydrogens is 342 g/mol. The number of anilines is 1. The molecule has 1 aliphatic heterocycles. The van der Waals surface area contributed by atoms with Crippen LogP contribution in [-0.4, -0.2) is 37.1 Å². The number of aromatic nitrogens is 1. The number of pyridine rings is 1. The molecule has 1 unspecified atom stereocenters. The van der Waals surface area contributed by atoms with Crippen molar-refractivity contribution in [2.24, 2.45) is 4.99 Å². The fourth-order valence-electron chi connectivity index (χ4n) is 3.14. The molecule has 1 atom stereocenters. The molecule has 2 aromatic rings. The number of benzene rings is 1. The lowest BCUT2D eigenvalue weighted by Crippen LogP contribution is -2.40. The van der Waals surface area contributed by atoms with E-state index >= 15 is 0 Å². The van der Waals surface area contributed by atoms with E-state index in [1.807, 2.05) is 37.3 Å². The third-order valence-electron chi connectivity index (χ3n) is 4.42. The Labute approximate surface area is 159 Å². The number of carbonyl (C=O) groups is 1. The molecule has 27 heavy (non-hydrogen) atoms. The molecule has 0 bridgehead atoms. The van der Waals surface area contributed by atoms with Crippen molar-refractivity contribution in [1.82, 2.24) is 15.6 Å². The Morgan fingerprint density at radius 1 is 1.30 bits per heavy atom. The number of fused-ring (bicyclic) bond motifs is 1. The highest BCUT2D eigenvalue weighted by Gasteiger charge is 2.24. The normalized spacial score (nSPS) is 16.3. The third kappa shape index (κ3) is 4.75. The third-order valence-corrected chi connectivity index (χ3v) is 4.42. The van der Waals surface area contributed by atoms with E-state index in [1.165, 1.54) is 0 Å². The molecule has 0 saturated carbocycles. The summed E-state index contributed by atoms with van der Waals surface area (Å²) in [6, 6.07) is 11.7. The maximum Gasteiger partial charge on any atom is 0.225 e. The fraction of sp³-hybridized carbons (Fsp3) is 0.350. The molecule has 0 saturated heterocycles. The number of carbonyl (C=O) groups excluding carboxylic acids is 1. The number of methoxy groups -OCH3 is 1. The summed E-state index contributed by atoms with van der Waals surface area (Å²) in [5.74, 6) is 1.43. The van der Waals surface area contributed by atoms with Crippen molar-refractivity contribution in [2.75, 3.05) is 25.5 Å². The molecule has 2 heterocycles. The van der Waals surface area contributed by atoms with Crippen LogP contribution in [0.4, 0.5) is 5.69 Å². The quantitative estimate of drug-likeness (QED) is 0.538. The fourth-order valence-corrected chi connectivity index (χ4v) is 3.14. The molecule has 1 amide bonds. The SMILES string of the molecule is CCNC(=NCc1cccnc1OC)NCC1CC(=O)Nc2ccccc21. The molecule has 3 N–H and O–H groups in total. The first-order valence-corrected chi connectivity index (χ1v) is 9.10. The predicted octanol–water partition coefficient (Wildman–Crippen LogP) is 2.27. The number of nitrogens with zero attached hydrogens (tertiary/aromatic N) is 2. The van der Waals surface area contributed by atoms with Crippen molar-refractivity contribution in [1.29, 1.82) is 0 Å². The van der Waals surface area contributed by atoms with Crippen LogP contribution in [0.25, 0.3) is 0 Å². The first kappa shape index (κ1) is 18.7. The van der Waals surface area contributed by atoms with Gasteiger partial charge in [-0.3, -0.25) is 4.79 Å². The van der Waals surface area contributed by atoms with Gasteiger partial charge in [0.2, 0.25) is 11.8 Å². The van der Waals surface area contributed by atoms with Crippen molar-refractivity contribution in [3.8, 4) is 5.88 Å². The van der Waals surface area contributed by atoms with Crippen LogP contribution in [0.3, 0.4) is 0 Å². The number of guanidine groups is 1. The van der Waals surface area contributed by atoms with Crippen LogP contribution in [0, 0.1) is 0 Å². The second kappa shape index (κ2) is 9.02. The minimum atomic E-state index is 0.0440. The summed E-state index contributed by atoms with van der Waals surface area (Å²) in [4.78, 5) is 20.8. The second-order valence-electron chi connectivity index (χ2n) is 6.28. The van der Waals surface area contributed by atoms with Crippen LogP contribution in [0.15, 0.2) is 47.6 Å². The van der Waals surface area contributed by atoms with Gasteiger partial charge in [-0.25, -0.2) is 9.98 Å². The molecule has 1 aromatic heterocycles. The van der Waals surface area contributed by atoms with Crippen LogP contribution in [0.5, 0.6) is 5.88 Å². The summed E-state index contributed by atoms with van der Waals surface area (Å²) in [6.07, 6.45) is 2.15. The first-order chi connectivity index (χ1) is 13.2. The summed E-state index contributed by atoms with van der Waals surface area (Å²) in [5.41, 5.74) is 2.96. The lowest BCUT2D eigenvalue weighted by atomic mass is 9.90. The van der Waals surface area contributed by atoms with Gasteiger partial charge in [-0.1, -0.05) is 24.3 Å². The van der Waals surface area contributed by atoms with Crippen LogP contribution >= 0.6 is 0 Å². The van der Waals surface area contributed by atoms with Crippen LogP contribution in [0.2, 0.25) is 0 Å². The molecule has 0 aliphatic carbocycles. The van der Waals surface area contributed by atoms with Crippen molar-refractivity contribution in [3.05, 3.63) is 53.7 Å². The minimum Gasteiger partial charge on any atom is -0.481 e. The van der Waals surface area contributed by atoms with Gasteiger partial charge in [-0.2, -0.15) is 0 Å². The van der Waals surface area contributed by atoms with Crippen LogP contribution in [0.1, 0.15) is 30.4 Å². The Balaban J connectivity index is 1.69. The Morgan fingerprint density at radius 2 is 2.15 bits per heavy atom. The molecule has 7 heteroatoms. The summed E-state index contributed by atoms with van der Waals surface area (Å²) >= 11 is 0. The number of nitrogens with one attached hydrogen (secondary N) is 3. The summed E-state index contributed by atoms with van der Waals surface area (Å²) in [6.45, 7) is 3.84. The van der Waals surface area contributed by atoms with E-state index < -0.39 is 0 Å². The zero-order valence-corrected chi connectivity index (χ0v) is 15.7. The number of aliphatic imine (C=N–C) groups is 1. The molecular formula is C20H25N5O2. The molecule has 3 rings (SSSR count). The van der Waals surface area contributed by atoms with Gasteiger partial charge in [0.15, 0.2) is 5.96 Å². The standard InChI is InChI=1S/C20H25N5O2/c1-3-21-20(23-12-14-7-6-10-22-19(14)27-2)24-13-15-11-18(26)25-17-9-5-4-8-16(15)17/h4-10,15H,3,11-13H2,1-2H3,(H,25,26)(H2,21,23,24). The molecule has 142 valence electrons. The highest BCUT2D eigenvalue weighted by atomic mass is 16.5. The predicted molar refractivity (Wildman–Crippen MR) is 106 cm³/mol. The topological polar surface area (TPSA) is 87.6 Å². The van der Waals surface area contributed by atoms with Gasteiger partial charge < -0.3 is 20.7 Å². The largest absolute Gasteiger partial charge is 0.481 e. The highest BCUT2D eigenvalue weighted by Crippen LogP contribution is 2.31. The van der Waals surface area contributed by atoms with Gasteiger partial charge >= 0.3 is 0 Å². The molecule has 7 nitrogen and oxygen atoms in total. The number of ether oxygens (including phenoxy) is 1. The van der Waals surface area contributed by atoms with E-state index in [4.69, 9.17) is 4.74 Å². The van der Waals surface area contributed by atoms with Crippen LogP contribution in [-0.2, 0) is 11.3 Å². The average molecular weight is 367 g/mol. The van der Waals surface area contributed by atoms with Gasteiger partial charge in [-0.05, 0) is 24.6 Å². The van der Waals surface area contributed by atoms with Crippen molar-refractivity contribution in [3.63, 3.8) is 0 Å². The smallest absolute Gasteiger partial charge is 0.225 e. The van der Waals surface area contributed by atoms with Gasteiger partial charge in [0.25, 0.3) is 0 Å². The van der Waals surface area contributed by atoms with E-state index in [2.05, 4.69) is 32.0 Å². The molecule has 1 aliphatic rings. The van der Waals surface area contributed by atoms with Gasteiger partial charge in [-0.15, -0.1) is 0 Å². The summed E-state index contributed by atoms with van der Waals surface area (Å²) in [7, 11) is 1.60. The van der Waals surface area contributed by atoms with Gasteiger partial charge in [0, 0.05) is 42.9 Å². The summed E-state index contributed by atoms with van der Waals surface area (Å²) in [5, 5.41) is 9.53. The van der Waals surface area contributed by atoms with E-state index in [0.29, 0.717) is 31.3 Å². The van der Waals surface area contributed by atoms with Crippen molar-refractivity contribution in [2.45, 2.75) is 25.8 Å². The van der Waals surface area contributed by atoms with Gasteiger partial charge in [0.1, 0.15) is 0 Å². The lowest BCUT2D eigenvalue weighted by Gasteiger charge is -2.26. The maximum absolute atomic E-state index is 12.0. The maximum atomic E-state index is 12.0. The Morgan fingerprint density at radius 3 is 2.96 bits per heavy atom. The lowest BCUT2D eigenvalue weighted by molar-refractivity contribution is -0.116. The zero-order valence-electron chi connectivity index (χ0n) is 15.7. The average Bonchev–Trinajstić information content (AvgIpc) is 2.70. The number of hydrogen-bond donors (Lipinski definition) is 3. The van der Waals surface area contributed by atoms with Crippen molar-refractivity contribution >= 4 is 17.6 Å². The molecule has 0 spiro atoms. The van der Waals surface area contributed by atoms with Crippen LogP contribution < -0.4 is 20.7 Å². The highest BCUT2D eigenvalue weighted by molar-refractivity contribution is 5.94. The molecule has 0 radical (unpaired) electrons. The minimum absolute atomic E-state index is 0.0440. The molecule has 1 aromatic carbocycles. The number of amides is 1.